The van der Waals surface area contributed by atoms with Crippen LogP contribution in [0.4, 0.5) is 13.2 Å². The fourth-order valence-corrected chi connectivity index (χ4v) is 3.91. The van der Waals surface area contributed by atoms with Gasteiger partial charge in [-0.2, -0.15) is 13.2 Å². The Bertz CT molecular complexity index is 828. The lowest BCUT2D eigenvalue weighted by molar-refractivity contribution is -0.138. The Balaban J connectivity index is 2.11. The van der Waals surface area contributed by atoms with Crippen LogP contribution in [0, 0.1) is 0 Å². The van der Waals surface area contributed by atoms with Gasteiger partial charge in [0.2, 0.25) is 5.91 Å². The highest BCUT2D eigenvalue weighted by molar-refractivity contribution is 6.30. The van der Waals surface area contributed by atoms with Crippen LogP contribution in [-0.4, -0.2) is 19.1 Å². The topological polar surface area (TPSA) is 52.3 Å². The number of hydrogen-bond acceptors (Lipinski definition) is 2. The molecule has 0 aromatic heterocycles. The molecule has 3 nitrogen and oxygen atoms in total. The number of carbonyl (C=O) groups excluding carboxylic acids is 1. The number of primary amides is 1. The zero-order valence-electron chi connectivity index (χ0n) is 14.5. The van der Waals surface area contributed by atoms with Crippen molar-refractivity contribution < 1.29 is 22.7 Å². The molecule has 1 heterocycles. The summed E-state index contributed by atoms with van der Waals surface area (Å²) in [4.78, 5) is 11.6. The Hall–Kier alpha value is -2.05. The third kappa shape index (κ3) is 4.12. The highest BCUT2D eigenvalue weighted by atomic mass is 35.5. The van der Waals surface area contributed by atoms with E-state index in [4.69, 9.17) is 22.1 Å². The Morgan fingerprint density at radius 2 is 1.74 bits per heavy atom. The van der Waals surface area contributed by atoms with E-state index < -0.39 is 28.6 Å². The average Bonchev–Trinajstić information content (AvgIpc) is 2.62. The highest BCUT2D eigenvalue weighted by Gasteiger charge is 2.41. The van der Waals surface area contributed by atoms with Gasteiger partial charge in [-0.1, -0.05) is 35.9 Å². The molecular weight excluding hydrogens is 379 g/mol. The summed E-state index contributed by atoms with van der Waals surface area (Å²) in [5.74, 6) is -1.09. The summed E-state index contributed by atoms with van der Waals surface area (Å²) in [6, 6.07) is 11.1. The normalized spacial score (nSPS) is 16.9. The summed E-state index contributed by atoms with van der Waals surface area (Å²) in [6.07, 6.45) is -3.39. The molecule has 0 radical (unpaired) electrons. The predicted octanol–water partition coefficient (Wildman–Crippen LogP) is 4.75. The van der Waals surface area contributed by atoms with Gasteiger partial charge in [-0.3, -0.25) is 4.79 Å². The number of carbonyl (C=O) groups is 1. The molecule has 0 aliphatic carbocycles. The Morgan fingerprint density at radius 1 is 1.11 bits per heavy atom. The Kier molecular flexibility index (Phi) is 5.49. The maximum atomic E-state index is 13.8. The van der Waals surface area contributed by atoms with Crippen LogP contribution in [0.3, 0.4) is 0 Å². The maximum absolute atomic E-state index is 13.8. The van der Waals surface area contributed by atoms with Crippen LogP contribution < -0.4 is 5.73 Å². The first kappa shape index (κ1) is 19.7. The van der Waals surface area contributed by atoms with Gasteiger partial charge in [-0.15, -0.1) is 0 Å². The SMILES string of the molecule is NC(=O)c1cccc(CC2(c3ccc(Cl)cc3)CCOCC2)c1C(F)(F)F. The number of halogens is 4. The minimum Gasteiger partial charge on any atom is -0.381 e. The molecule has 2 aromatic rings. The van der Waals surface area contributed by atoms with Gasteiger partial charge in [0.15, 0.2) is 0 Å². The van der Waals surface area contributed by atoms with Crippen molar-refractivity contribution >= 4 is 17.5 Å². The first-order valence-corrected chi connectivity index (χ1v) is 8.93. The molecule has 3 rings (SSSR count). The Labute approximate surface area is 160 Å². The van der Waals surface area contributed by atoms with Crippen LogP contribution in [0.5, 0.6) is 0 Å². The number of ether oxygens (including phenoxy) is 1. The quantitative estimate of drug-likeness (QED) is 0.809. The van der Waals surface area contributed by atoms with E-state index >= 15 is 0 Å². The standard InChI is InChI=1S/C20H19ClF3NO2/c21-15-6-4-14(5-7-15)19(8-10-27-11-9-19)12-13-2-1-3-16(18(25)26)17(13)20(22,23)24/h1-7H,8-12H2,(H2,25,26). The van der Waals surface area contributed by atoms with Crippen molar-refractivity contribution in [1.82, 2.24) is 0 Å². The number of amides is 1. The molecule has 2 aromatic carbocycles. The van der Waals surface area contributed by atoms with Gasteiger partial charge < -0.3 is 10.5 Å². The van der Waals surface area contributed by atoms with Crippen LogP contribution >= 0.6 is 11.6 Å². The molecule has 0 atom stereocenters. The van der Waals surface area contributed by atoms with Crippen molar-refractivity contribution in [2.75, 3.05) is 13.2 Å². The second kappa shape index (κ2) is 7.52. The molecule has 1 aliphatic heterocycles. The second-order valence-corrected chi connectivity index (χ2v) is 7.21. The largest absolute Gasteiger partial charge is 0.417 e. The first-order chi connectivity index (χ1) is 12.7. The summed E-state index contributed by atoms with van der Waals surface area (Å²) >= 11 is 5.97. The summed E-state index contributed by atoms with van der Waals surface area (Å²) in [7, 11) is 0. The number of hydrogen-bond donors (Lipinski definition) is 1. The maximum Gasteiger partial charge on any atom is 0.417 e. The zero-order valence-corrected chi connectivity index (χ0v) is 15.2. The molecule has 144 valence electrons. The minimum absolute atomic E-state index is 0.0654. The van der Waals surface area contributed by atoms with E-state index in [-0.39, 0.29) is 12.0 Å². The lowest BCUT2D eigenvalue weighted by Gasteiger charge is -2.38. The summed E-state index contributed by atoms with van der Waals surface area (Å²) in [5.41, 5.74) is 4.20. The molecule has 2 N–H and O–H groups in total. The van der Waals surface area contributed by atoms with E-state index in [2.05, 4.69) is 0 Å². The molecule has 27 heavy (non-hydrogen) atoms. The van der Waals surface area contributed by atoms with Crippen LogP contribution in [-0.2, 0) is 22.7 Å². The average molecular weight is 398 g/mol. The van der Waals surface area contributed by atoms with Gasteiger partial charge in [0.25, 0.3) is 0 Å². The third-order valence-corrected chi connectivity index (χ3v) is 5.39. The van der Waals surface area contributed by atoms with E-state index in [1.54, 1.807) is 12.1 Å². The molecule has 0 bridgehead atoms. The minimum atomic E-state index is -4.67. The van der Waals surface area contributed by atoms with Crippen molar-refractivity contribution in [2.45, 2.75) is 30.9 Å². The van der Waals surface area contributed by atoms with E-state index in [1.165, 1.54) is 12.1 Å². The summed E-state index contributed by atoms with van der Waals surface area (Å²) in [6.45, 7) is 0.916. The van der Waals surface area contributed by atoms with E-state index in [0.717, 1.165) is 11.6 Å². The number of nitrogens with two attached hydrogens (primary N) is 1. The second-order valence-electron chi connectivity index (χ2n) is 6.78. The smallest absolute Gasteiger partial charge is 0.381 e. The third-order valence-electron chi connectivity index (χ3n) is 5.14. The lowest BCUT2D eigenvalue weighted by atomic mass is 9.69. The molecule has 0 unspecified atom stereocenters. The molecule has 1 fully saturated rings. The summed E-state index contributed by atoms with van der Waals surface area (Å²) in [5, 5.41) is 0.563. The molecule has 1 amide bonds. The van der Waals surface area contributed by atoms with Crippen LogP contribution in [0.25, 0.3) is 0 Å². The number of rotatable bonds is 4. The zero-order chi connectivity index (χ0) is 19.7. The van der Waals surface area contributed by atoms with Crippen LogP contribution in [0.1, 0.15) is 39.9 Å². The first-order valence-electron chi connectivity index (χ1n) is 8.56. The van der Waals surface area contributed by atoms with Gasteiger partial charge in [0, 0.05) is 23.7 Å². The van der Waals surface area contributed by atoms with Gasteiger partial charge in [0.1, 0.15) is 0 Å². The fourth-order valence-electron chi connectivity index (χ4n) is 3.79. The van der Waals surface area contributed by atoms with Crippen molar-refractivity contribution in [1.29, 1.82) is 0 Å². The molecule has 1 saturated heterocycles. The van der Waals surface area contributed by atoms with Crippen molar-refractivity contribution in [2.24, 2.45) is 5.73 Å². The Morgan fingerprint density at radius 3 is 2.30 bits per heavy atom. The number of alkyl halides is 3. The predicted molar refractivity (Wildman–Crippen MR) is 96.8 cm³/mol. The van der Waals surface area contributed by atoms with Crippen LogP contribution in [0.15, 0.2) is 42.5 Å². The van der Waals surface area contributed by atoms with Gasteiger partial charge >= 0.3 is 6.18 Å². The van der Waals surface area contributed by atoms with Gasteiger partial charge in [-0.25, -0.2) is 0 Å². The van der Waals surface area contributed by atoms with E-state index in [1.807, 2.05) is 12.1 Å². The fraction of sp³-hybridized carbons (Fsp3) is 0.350. The van der Waals surface area contributed by atoms with Crippen molar-refractivity contribution in [3.63, 3.8) is 0 Å². The van der Waals surface area contributed by atoms with E-state index in [9.17, 15) is 18.0 Å². The molecule has 0 spiro atoms. The summed E-state index contributed by atoms with van der Waals surface area (Å²) < 4.78 is 46.7. The van der Waals surface area contributed by atoms with Gasteiger partial charge in [-0.05, 0) is 48.6 Å². The molecule has 0 saturated carbocycles. The highest BCUT2D eigenvalue weighted by Crippen LogP contribution is 2.42. The monoisotopic (exact) mass is 397 g/mol. The molecule has 7 heteroatoms. The molecular formula is C20H19ClF3NO2. The van der Waals surface area contributed by atoms with Crippen LogP contribution in [0.2, 0.25) is 5.02 Å². The molecule has 1 aliphatic rings. The van der Waals surface area contributed by atoms with E-state index in [0.29, 0.717) is 31.1 Å². The van der Waals surface area contributed by atoms with Crippen molar-refractivity contribution in [3.8, 4) is 0 Å². The van der Waals surface area contributed by atoms with Gasteiger partial charge in [0.05, 0.1) is 11.1 Å². The number of benzene rings is 2. The lowest BCUT2D eigenvalue weighted by Crippen LogP contribution is -2.37. The van der Waals surface area contributed by atoms with Crippen molar-refractivity contribution in [3.05, 3.63) is 69.7 Å².